The predicted octanol–water partition coefficient (Wildman–Crippen LogP) is 2.08. The Bertz CT molecular complexity index is 922. The van der Waals surface area contributed by atoms with Gasteiger partial charge in [-0.1, -0.05) is 18.2 Å². The van der Waals surface area contributed by atoms with E-state index in [1.54, 1.807) is 37.1 Å². The second kappa shape index (κ2) is 11.1. The summed E-state index contributed by atoms with van der Waals surface area (Å²) in [5.41, 5.74) is 0.892. The SMILES string of the molecule is CCNC(=O)N1CCCN(CC2=C(C(=O)OCC)[C@H](c3ccccc3F)NC(=O)N2C)CC1. The van der Waals surface area contributed by atoms with E-state index in [1.807, 2.05) is 6.92 Å². The number of esters is 1. The fraction of sp³-hybridized carbons (Fsp3) is 0.522. The number of hydrogen-bond donors (Lipinski definition) is 2. The lowest BCUT2D eigenvalue weighted by atomic mass is 9.94. The Hall–Kier alpha value is -3.14. The smallest absolute Gasteiger partial charge is 0.338 e. The van der Waals surface area contributed by atoms with Crippen molar-refractivity contribution in [3.63, 3.8) is 0 Å². The van der Waals surface area contributed by atoms with Crippen molar-refractivity contribution in [3.05, 3.63) is 46.9 Å². The lowest BCUT2D eigenvalue weighted by Gasteiger charge is -2.36. The summed E-state index contributed by atoms with van der Waals surface area (Å²) in [5.74, 6) is -1.10. The van der Waals surface area contributed by atoms with Gasteiger partial charge in [-0.05, 0) is 26.3 Å². The van der Waals surface area contributed by atoms with Crippen molar-refractivity contribution in [1.82, 2.24) is 25.3 Å². The zero-order valence-corrected chi connectivity index (χ0v) is 19.4. The van der Waals surface area contributed by atoms with Crippen LogP contribution in [0.1, 0.15) is 31.9 Å². The molecule has 2 aliphatic rings. The number of benzene rings is 1. The van der Waals surface area contributed by atoms with Gasteiger partial charge in [0.1, 0.15) is 5.82 Å². The molecule has 0 unspecified atom stereocenters. The van der Waals surface area contributed by atoms with Crippen LogP contribution in [0.4, 0.5) is 14.0 Å². The maximum Gasteiger partial charge on any atom is 0.338 e. The molecule has 2 N–H and O–H groups in total. The van der Waals surface area contributed by atoms with Gasteiger partial charge in [-0.15, -0.1) is 0 Å². The molecule has 180 valence electrons. The van der Waals surface area contributed by atoms with E-state index in [0.29, 0.717) is 45.0 Å². The summed E-state index contributed by atoms with van der Waals surface area (Å²) < 4.78 is 19.9. The number of carbonyl (C=O) groups excluding carboxylic acids is 3. The molecule has 33 heavy (non-hydrogen) atoms. The van der Waals surface area contributed by atoms with Crippen LogP contribution in [-0.4, -0.2) is 85.7 Å². The molecule has 0 aliphatic carbocycles. The number of ether oxygens (including phenoxy) is 1. The number of amides is 4. The summed E-state index contributed by atoms with van der Waals surface area (Å²) in [6.07, 6.45) is 0.756. The van der Waals surface area contributed by atoms with Gasteiger partial charge in [-0.25, -0.2) is 18.8 Å². The van der Waals surface area contributed by atoms with Crippen molar-refractivity contribution in [2.24, 2.45) is 0 Å². The molecule has 1 aromatic rings. The quantitative estimate of drug-likeness (QED) is 0.633. The lowest BCUT2D eigenvalue weighted by molar-refractivity contribution is -0.139. The molecule has 1 atom stereocenters. The maximum atomic E-state index is 14.6. The first-order chi connectivity index (χ1) is 15.9. The zero-order chi connectivity index (χ0) is 24.0. The number of nitrogens with zero attached hydrogens (tertiary/aromatic N) is 3. The molecule has 4 amide bonds. The monoisotopic (exact) mass is 461 g/mol. The predicted molar refractivity (Wildman–Crippen MR) is 121 cm³/mol. The first-order valence-electron chi connectivity index (χ1n) is 11.3. The van der Waals surface area contributed by atoms with Crippen LogP contribution in [0.25, 0.3) is 0 Å². The van der Waals surface area contributed by atoms with Gasteiger partial charge < -0.3 is 20.3 Å². The highest BCUT2D eigenvalue weighted by molar-refractivity contribution is 5.95. The number of hydrogen-bond acceptors (Lipinski definition) is 5. The van der Waals surface area contributed by atoms with E-state index >= 15 is 0 Å². The number of urea groups is 2. The van der Waals surface area contributed by atoms with Crippen molar-refractivity contribution in [3.8, 4) is 0 Å². The molecule has 0 saturated carbocycles. The van der Waals surface area contributed by atoms with Gasteiger partial charge in [0.15, 0.2) is 0 Å². The zero-order valence-electron chi connectivity index (χ0n) is 19.4. The second-order valence-corrected chi connectivity index (χ2v) is 8.00. The van der Waals surface area contributed by atoms with Crippen LogP contribution in [0.3, 0.4) is 0 Å². The van der Waals surface area contributed by atoms with Crippen molar-refractivity contribution < 1.29 is 23.5 Å². The molecule has 0 bridgehead atoms. The molecule has 9 nitrogen and oxygen atoms in total. The van der Waals surface area contributed by atoms with Crippen LogP contribution in [0.5, 0.6) is 0 Å². The Balaban J connectivity index is 1.93. The Morgan fingerprint density at radius 1 is 1.18 bits per heavy atom. The maximum absolute atomic E-state index is 14.6. The van der Waals surface area contributed by atoms with Crippen LogP contribution in [0.2, 0.25) is 0 Å². The third kappa shape index (κ3) is 5.62. The Kier molecular flexibility index (Phi) is 8.26. The molecule has 0 aromatic heterocycles. The van der Waals surface area contributed by atoms with Crippen molar-refractivity contribution in [1.29, 1.82) is 0 Å². The highest BCUT2D eigenvalue weighted by Gasteiger charge is 2.38. The van der Waals surface area contributed by atoms with Gasteiger partial charge in [0, 0.05) is 57.6 Å². The fourth-order valence-electron chi connectivity index (χ4n) is 4.15. The lowest BCUT2D eigenvalue weighted by Crippen LogP contribution is -2.49. The molecule has 10 heteroatoms. The van der Waals surface area contributed by atoms with Crippen molar-refractivity contribution in [2.45, 2.75) is 26.3 Å². The molecule has 1 fully saturated rings. The molecule has 1 aromatic carbocycles. The van der Waals surface area contributed by atoms with E-state index in [-0.39, 0.29) is 23.8 Å². The normalized spacial score (nSPS) is 19.8. The van der Waals surface area contributed by atoms with Gasteiger partial charge in [0.05, 0.1) is 18.2 Å². The van der Waals surface area contributed by atoms with E-state index in [2.05, 4.69) is 15.5 Å². The van der Waals surface area contributed by atoms with Gasteiger partial charge in [0.25, 0.3) is 0 Å². The summed E-state index contributed by atoms with van der Waals surface area (Å²) >= 11 is 0. The number of rotatable bonds is 6. The number of likely N-dealkylation sites (N-methyl/N-ethyl adjacent to an activating group) is 1. The standard InChI is InChI=1S/C23H32FN5O4/c1-4-25-22(31)29-12-8-11-28(13-14-29)15-18-19(21(30)33-5-2)20(26-23(32)27(18)3)16-9-6-7-10-17(16)24/h6-7,9-10,20H,4-5,8,11-15H2,1-3H3,(H,25,31)(H,26,32)/t20-/m0/s1. The summed E-state index contributed by atoms with van der Waals surface area (Å²) in [6.45, 7) is 7.01. The fourth-order valence-corrected chi connectivity index (χ4v) is 4.15. The minimum Gasteiger partial charge on any atom is -0.463 e. The van der Waals surface area contributed by atoms with E-state index in [4.69, 9.17) is 4.74 Å². The summed E-state index contributed by atoms with van der Waals surface area (Å²) in [4.78, 5) is 43.3. The topological polar surface area (TPSA) is 94.2 Å². The number of nitrogens with one attached hydrogen (secondary N) is 2. The third-order valence-electron chi connectivity index (χ3n) is 5.87. The molecular formula is C23H32FN5O4. The van der Waals surface area contributed by atoms with Crippen LogP contribution >= 0.6 is 0 Å². The Morgan fingerprint density at radius 3 is 2.64 bits per heavy atom. The van der Waals surface area contributed by atoms with Crippen molar-refractivity contribution >= 4 is 18.0 Å². The summed E-state index contributed by atoms with van der Waals surface area (Å²) in [5, 5.41) is 5.56. The van der Waals surface area contributed by atoms with Crippen LogP contribution < -0.4 is 10.6 Å². The first-order valence-corrected chi connectivity index (χ1v) is 11.3. The average molecular weight is 462 g/mol. The first kappa shape index (κ1) is 24.5. The van der Waals surface area contributed by atoms with Gasteiger partial charge in [-0.2, -0.15) is 0 Å². The van der Waals surface area contributed by atoms with Crippen LogP contribution in [0.15, 0.2) is 35.5 Å². The molecule has 0 spiro atoms. The molecule has 2 heterocycles. The van der Waals surface area contributed by atoms with Gasteiger partial charge >= 0.3 is 18.0 Å². The minimum atomic E-state index is -0.956. The highest BCUT2D eigenvalue weighted by Crippen LogP contribution is 2.32. The summed E-state index contributed by atoms with van der Waals surface area (Å²) in [7, 11) is 1.58. The number of halogens is 1. The van der Waals surface area contributed by atoms with E-state index < -0.39 is 23.9 Å². The Morgan fingerprint density at radius 2 is 1.94 bits per heavy atom. The summed E-state index contributed by atoms with van der Waals surface area (Å²) in [6, 6.07) is 4.59. The third-order valence-corrected chi connectivity index (χ3v) is 5.87. The molecule has 2 aliphatic heterocycles. The molecule has 1 saturated heterocycles. The largest absolute Gasteiger partial charge is 0.463 e. The van der Waals surface area contributed by atoms with Crippen LogP contribution in [-0.2, 0) is 9.53 Å². The Labute approximate surface area is 193 Å². The molecular weight excluding hydrogens is 429 g/mol. The van der Waals surface area contributed by atoms with Crippen LogP contribution in [0, 0.1) is 5.82 Å². The van der Waals surface area contributed by atoms with E-state index in [1.165, 1.54) is 11.0 Å². The van der Waals surface area contributed by atoms with Gasteiger partial charge in [0.2, 0.25) is 0 Å². The molecule has 3 rings (SSSR count). The van der Waals surface area contributed by atoms with E-state index in [0.717, 1.165) is 6.42 Å². The van der Waals surface area contributed by atoms with Gasteiger partial charge in [-0.3, -0.25) is 9.80 Å². The van der Waals surface area contributed by atoms with Crippen molar-refractivity contribution in [2.75, 3.05) is 52.9 Å². The second-order valence-electron chi connectivity index (χ2n) is 8.00. The molecule has 0 radical (unpaired) electrons. The average Bonchev–Trinajstić information content (AvgIpc) is 3.03. The number of carbonyl (C=O) groups is 3. The highest BCUT2D eigenvalue weighted by atomic mass is 19.1. The minimum absolute atomic E-state index is 0.0976. The van der Waals surface area contributed by atoms with E-state index in [9.17, 15) is 18.8 Å².